The third-order valence-corrected chi connectivity index (χ3v) is 4.69. The molecule has 0 saturated heterocycles. The second-order valence-electron chi connectivity index (χ2n) is 5.49. The van der Waals surface area contributed by atoms with E-state index in [-0.39, 0.29) is 22.6 Å². The third kappa shape index (κ3) is 3.65. The van der Waals surface area contributed by atoms with E-state index in [0.717, 1.165) is 0 Å². The molecule has 0 aliphatic carbocycles. The maximum absolute atomic E-state index is 12.2. The number of benzene rings is 1. The standard InChI is InChI=1S/C18H13N5O4S/c1-27-18(24)17-16(20)11(9-19)10-22(17)12-6-13(23(25)26)8-14(7-12)28-15-4-2-3-5-21-15/h2-8,10H,20H2,1H3. The van der Waals surface area contributed by atoms with Crippen molar-refractivity contribution in [1.29, 1.82) is 5.26 Å². The fourth-order valence-corrected chi connectivity index (χ4v) is 3.38. The molecule has 0 unspecified atom stereocenters. The topological polar surface area (TPSA) is 137 Å². The number of nitro benzene ring substituents is 1. The zero-order chi connectivity index (χ0) is 20.3. The van der Waals surface area contributed by atoms with Crippen LogP contribution >= 0.6 is 11.8 Å². The van der Waals surface area contributed by atoms with Gasteiger partial charge in [0, 0.05) is 29.4 Å². The summed E-state index contributed by atoms with van der Waals surface area (Å²) in [6, 6.07) is 11.6. The van der Waals surface area contributed by atoms with Gasteiger partial charge in [-0.15, -0.1) is 0 Å². The number of nitriles is 1. The minimum atomic E-state index is -0.760. The van der Waals surface area contributed by atoms with Gasteiger partial charge in [0.05, 0.1) is 29.0 Å². The van der Waals surface area contributed by atoms with E-state index in [2.05, 4.69) is 4.98 Å². The lowest BCUT2D eigenvalue weighted by Gasteiger charge is -2.10. The number of nitrogens with two attached hydrogens (primary N) is 1. The summed E-state index contributed by atoms with van der Waals surface area (Å²) in [5, 5.41) is 21.3. The van der Waals surface area contributed by atoms with E-state index in [4.69, 9.17) is 10.5 Å². The van der Waals surface area contributed by atoms with Gasteiger partial charge in [-0.25, -0.2) is 9.78 Å². The Morgan fingerprint density at radius 1 is 1.39 bits per heavy atom. The van der Waals surface area contributed by atoms with Crippen molar-refractivity contribution in [2.45, 2.75) is 9.92 Å². The van der Waals surface area contributed by atoms with Gasteiger partial charge in [-0.1, -0.05) is 17.8 Å². The average Bonchev–Trinajstić information content (AvgIpc) is 3.04. The van der Waals surface area contributed by atoms with Crippen molar-refractivity contribution in [2.24, 2.45) is 0 Å². The number of anilines is 1. The molecule has 0 bridgehead atoms. The van der Waals surface area contributed by atoms with Crippen LogP contribution in [-0.2, 0) is 4.74 Å². The molecule has 2 aromatic heterocycles. The van der Waals surface area contributed by atoms with Crippen LogP contribution in [0.2, 0.25) is 0 Å². The summed E-state index contributed by atoms with van der Waals surface area (Å²) in [7, 11) is 1.18. The highest BCUT2D eigenvalue weighted by Crippen LogP contribution is 2.33. The molecule has 0 aliphatic heterocycles. The number of nitro groups is 1. The zero-order valence-electron chi connectivity index (χ0n) is 14.5. The van der Waals surface area contributed by atoms with Crippen molar-refractivity contribution in [1.82, 2.24) is 9.55 Å². The largest absolute Gasteiger partial charge is 0.464 e. The first-order valence-electron chi connectivity index (χ1n) is 7.82. The maximum atomic E-state index is 12.2. The highest BCUT2D eigenvalue weighted by Gasteiger charge is 2.23. The van der Waals surface area contributed by atoms with E-state index in [1.165, 1.54) is 41.8 Å². The van der Waals surface area contributed by atoms with Crippen molar-refractivity contribution in [3.63, 3.8) is 0 Å². The van der Waals surface area contributed by atoms with Gasteiger partial charge in [0.1, 0.15) is 11.1 Å². The number of pyridine rings is 1. The first-order valence-corrected chi connectivity index (χ1v) is 8.64. The van der Waals surface area contributed by atoms with Crippen LogP contribution in [0.4, 0.5) is 11.4 Å². The van der Waals surface area contributed by atoms with Crippen molar-refractivity contribution >= 4 is 29.1 Å². The molecule has 2 N–H and O–H groups in total. The van der Waals surface area contributed by atoms with Crippen LogP contribution < -0.4 is 5.73 Å². The number of nitrogens with zero attached hydrogens (tertiary/aromatic N) is 4. The van der Waals surface area contributed by atoms with Crippen molar-refractivity contribution < 1.29 is 14.5 Å². The van der Waals surface area contributed by atoms with Gasteiger partial charge in [0.25, 0.3) is 5.69 Å². The lowest BCUT2D eigenvalue weighted by molar-refractivity contribution is -0.385. The van der Waals surface area contributed by atoms with E-state index in [1.807, 2.05) is 6.07 Å². The van der Waals surface area contributed by atoms with Crippen molar-refractivity contribution in [3.8, 4) is 11.8 Å². The fraction of sp³-hybridized carbons (Fsp3) is 0.0556. The molecule has 0 atom stereocenters. The van der Waals surface area contributed by atoms with E-state index in [1.54, 1.807) is 30.5 Å². The predicted molar refractivity (Wildman–Crippen MR) is 101 cm³/mol. The molecule has 0 radical (unpaired) electrons. The summed E-state index contributed by atoms with van der Waals surface area (Å²) >= 11 is 1.22. The maximum Gasteiger partial charge on any atom is 0.357 e. The van der Waals surface area contributed by atoms with Crippen LogP contribution in [0.3, 0.4) is 0 Å². The molecule has 9 nitrogen and oxygen atoms in total. The first-order chi connectivity index (χ1) is 13.4. The third-order valence-electron chi connectivity index (χ3n) is 3.77. The van der Waals surface area contributed by atoms with Gasteiger partial charge in [-0.3, -0.25) is 10.1 Å². The molecule has 2 heterocycles. The number of rotatable bonds is 5. The number of esters is 1. The number of aromatic nitrogens is 2. The number of non-ortho nitro benzene ring substituents is 1. The van der Waals surface area contributed by atoms with Crippen LogP contribution in [-0.4, -0.2) is 27.6 Å². The minimum absolute atomic E-state index is 0.0558. The van der Waals surface area contributed by atoms with Crippen molar-refractivity contribution in [2.75, 3.05) is 12.8 Å². The normalized spacial score (nSPS) is 10.3. The summed E-state index contributed by atoms with van der Waals surface area (Å²) in [5.41, 5.74) is 5.93. The molecule has 3 aromatic rings. The van der Waals surface area contributed by atoms with Gasteiger partial charge in [-0.2, -0.15) is 5.26 Å². The Labute approximate surface area is 163 Å². The summed E-state index contributed by atoms with van der Waals surface area (Å²) in [6.45, 7) is 0. The Kier molecular flexibility index (Phi) is 5.28. The molecule has 10 heteroatoms. The summed E-state index contributed by atoms with van der Waals surface area (Å²) in [5.74, 6) is -0.760. The van der Waals surface area contributed by atoms with Crippen LogP contribution in [0.5, 0.6) is 0 Å². The highest BCUT2D eigenvalue weighted by atomic mass is 32.2. The second kappa shape index (κ2) is 7.81. The van der Waals surface area contributed by atoms with E-state index < -0.39 is 10.9 Å². The smallest absolute Gasteiger partial charge is 0.357 e. The lowest BCUT2D eigenvalue weighted by Crippen LogP contribution is -2.11. The summed E-state index contributed by atoms with van der Waals surface area (Å²) < 4.78 is 6.06. The number of hydrogen-bond donors (Lipinski definition) is 1. The van der Waals surface area contributed by atoms with Crippen LogP contribution in [0, 0.1) is 21.4 Å². The molecule has 0 amide bonds. The van der Waals surface area contributed by atoms with Crippen LogP contribution in [0.1, 0.15) is 16.1 Å². The molecular formula is C18H13N5O4S. The molecule has 1 aromatic carbocycles. The van der Waals surface area contributed by atoms with Gasteiger partial charge < -0.3 is 15.0 Å². The molecule has 3 rings (SSSR count). The number of ether oxygens (including phenoxy) is 1. The molecule has 0 aliphatic rings. The van der Waals surface area contributed by atoms with Gasteiger partial charge in [0.2, 0.25) is 0 Å². The Balaban J connectivity index is 2.18. The van der Waals surface area contributed by atoms with Gasteiger partial charge >= 0.3 is 5.97 Å². The molecule has 0 spiro atoms. The van der Waals surface area contributed by atoms with Crippen LogP contribution in [0.15, 0.2) is 58.7 Å². The van der Waals surface area contributed by atoms with Crippen molar-refractivity contribution in [3.05, 3.63) is 70.2 Å². The predicted octanol–water partition coefficient (Wildman–Crippen LogP) is 3.17. The molecule has 140 valence electrons. The van der Waals surface area contributed by atoms with E-state index >= 15 is 0 Å². The monoisotopic (exact) mass is 395 g/mol. The molecule has 28 heavy (non-hydrogen) atoms. The molecule has 0 fully saturated rings. The Bertz CT molecular complexity index is 1110. The second-order valence-corrected chi connectivity index (χ2v) is 6.58. The highest BCUT2D eigenvalue weighted by molar-refractivity contribution is 7.99. The van der Waals surface area contributed by atoms with Gasteiger partial charge in [0.15, 0.2) is 5.69 Å². The van der Waals surface area contributed by atoms with Gasteiger partial charge in [-0.05, 0) is 18.2 Å². The number of hydrogen-bond acceptors (Lipinski definition) is 8. The summed E-state index contributed by atoms with van der Waals surface area (Å²) in [4.78, 5) is 27.7. The fourth-order valence-electron chi connectivity index (χ4n) is 2.52. The number of carbonyl (C=O) groups excluding carboxylic acids is 1. The first kappa shape index (κ1) is 18.9. The Morgan fingerprint density at radius 3 is 2.79 bits per heavy atom. The molecule has 0 saturated carbocycles. The average molecular weight is 395 g/mol. The minimum Gasteiger partial charge on any atom is -0.464 e. The van der Waals surface area contributed by atoms with E-state index in [0.29, 0.717) is 15.6 Å². The quantitative estimate of drug-likeness (QED) is 0.395. The summed E-state index contributed by atoms with van der Waals surface area (Å²) in [6.07, 6.45) is 2.96. The number of nitrogen functional groups attached to an aromatic ring is 1. The van der Waals surface area contributed by atoms with Crippen LogP contribution in [0.25, 0.3) is 5.69 Å². The zero-order valence-corrected chi connectivity index (χ0v) is 15.3. The van der Waals surface area contributed by atoms with E-state index in [9.17, 15) is 20.2 Å². The molecular weight excluding hydrogens is 382 g/mol. The number of carbonyl (C=O) groups is 1. The Hall–Kier alpha value is -3.84. The number of methoxy groups -OCH3 is 1. The SMILES string of the molecule is COC(=O)c1c(N)c(C#N)cn1-c1cc(Sc2ccccn2)cc([N+](=O)[O-])c1. The lowest BCUT2D eigenvalue weighted by atomic mass is 10.2. The Morgan fingerprint density at radius 2 is 2.18 bits per heavy atom.